The summed E-state index contributed by atoms with van der Waals surface area (Å²) in [5, 5.41) is 6.47. The Hall–Kier alpha value is -2.44. The highest BCUT2D eigenvalue weighted by Crippen LogP contribution is 2.30. The maximum absolute atomic E-state index is 12.4. The van der Waals surface area contributed by atoms with E-state index in [2.05, 4.69) is 22.5 Å². The number of nitrogens with zero attached hydrogens (tertiary/aromatic N) is 2. The number of aliphatic imine (C=N–C) groups is 1. The third kappa shape index (κ3) is 5.78. The van der Waals surface area contributed by atoms with Crippen LogP contribution in [-0.2, 0) is 4.79 Å². The number of carbonyl (C=O) groups is 1. The van der Waals surface area contributed by atoms with Crippen LogP contribution >= 0.6 is 0 Å². The Morgan fingerprint density at radius 2 is 2.11 bits per heavy atom. The minimum atomic E-state index is -0.123. The summed E-state index contributed by atoms with van der Waals surface area (Å²) in [6, 6.07) is 7.67. The van der Waals surface area contributed by atoms with Crippen molar-refractivity contribution in [1.29, 1.82) is 0 Å². The van der Waals surface area contributed by atoms with Crippen molar-refractivity contribution in [2.24, 2.45) is 10.9 Å². The lowest BCUT2D eigenvalue weighted by Gasteiger charge is -2.31. The number of benzene rings is 1. The largest absolute Gasteiger partial charge is 0.486 e. The molecule has 1 amide bonds. The molecule has 3 rings (SSSR count). The zero-order valence-electron chi connectivity index (χ0n) is 16.9. The van der Waals surface area contributed by atoms with Gasteiger partial charge in [-0.2, -0.15) is 0 Å². The molecule has 0 spiro atoms. The lowest BCUT2D eigenvalue weighted by atomic mass is 10.00. The number of piperidine rings is 1. The van der Waals surface area contributed by atoms with Gasteiger partial charge in [-0.15, -0.1) is 0 Å². The van der Waals surface area contributed by atoms with E-state index in [1.807, 2.05) is 36.1 Å². The van der Waals surface area contributed by atoms with Crippen LogP contribution in [0.5, 0.6) is 11.5 Å². The molecular formula is C21H32N4O3. The Balaban J connectivity index is 1.44. The highest BCUT2D eigenvalue weighted by atomic mass is 16.6. The lowest BCUT2D eigenvalue weighted by molar-refractivity contribution is -0.132. The zero-order chi connectivity index (χ0) is 19.8. The molecular weight excluding hydrogens is 356 g/mol. The number of guanidine groups is 1. The highest BCUT2D eigenvalue weighted by Gasteiger charge is 2.21. The molecule has 7 heteroatoms. The number of nitrogens with one attached hydrogen (secondary N) is 2. The predicted molar refractivity (Wildman–Crippen MR) is 110 cm³/mol. The van der Waals surface area contributed by atoms with Gasteiger partial charge in [0.25, 0.3) is 0 Å². The number of ether oxygens (including phenoxy) is 2. The smallest absolute Gasteiger partial charge is 0.224 e. The van der Waals surface area contributed by atoms with Crippen LogP contribution in [0.15, 0.2) is 29.3 Å². The molecule has 154 valence electrons. The van der Waals surface area contributed by atoms with Crippen molar-refractivity contribution in [2.45, 2.75) is 39.2 Å². The normalized spacial score (nSPS) is 21.9. The van der Waals surface area contributed by atoms with Crippen LogP contribution in [0.2, 0.25) is 0 Å². The Morgan fingerprint density at radius 1 is 1.29 bits per heavy atom. The van der Waals surface area contributed by atoms with Gasteiger partial charge in [0.15, 0.2) is 23.6 Å². The van der Waals surface area contributed by atoms with Crippen LogP contribution in [0.3, 0.4) is 0 Å². The average molecular weight is 389 g/mol. The average Bonchev–Trinajstić information content (AvgIpc) is 2.71. The molecule has 0 saturated carbocycles. The van der Waals surface area contributed by atoms with Crippen LogP contribution in [-0.4, -0.2) is 62.2 Å². The maximum Gasteiger partial charge on any atom is 0.224 e. The van der Waals surface area contributed by atoms with Gasteiger partial charge < -0.3 is 25.0 Å². The highest BCUT2D eigenvalue weighted by molar-refractivity contribution is 5.81. The van der Waals surface area contributed by atoms with Crippen molar-refractivity contribution in [3.05, 3.63) is 24.3 Å². The molecule has 1 saturated heterocycles. The van der Waals surface area contributed by atoms with Gasteiger partial charge in [-0.3, -0.25) is 4.79 Å². The van der Waals surface area contributed by atoms with Gasteiger partial charge in [0.05, 0.1) is 6.54 Å². The Bertz CT molecular complexity index is 679. The SMILES string of the molecule is CCNC(=NCC1COc2ccccc2O1)NCCC(=O)N1CCCC(C)C1. The standard InChI is InChI=1S/C21H32N4O3/c1-3-22-21(23-11-10-20(26)25-12-6-7-16(2)14-25)24-13-17-15-27-18-8-4-5-9-19(18)28-17/h4-5,8-9,16-17H,3,6-7,10-15H2,1-2H3,(H2,22,23,24). The second kappa shape index (κ2) is 10.2. The van der Waals surface area contributed by atoms with E-state index in [-0.39, 0.29) is 12.0 Å². The first-order valence-electron chi connectivity index (χ1n) is 10.3. The van der Waals surface area contributed by atoms with Gasteiger partial charge in [-0.05, 0) is 37.8 Å². The molecule has 1 aromatic rings. The van der Waals surface area contributed by atoms with E-state index in [9.17, 15) is 4.79 Å². The van der Waals surface area contributed by atoms with Crippen molar-refractivity contribution in [3.8, 4) is 11.5 Å². The van der Waals surface area contributed by atoms with E-state index < -0.39 is 0 Å². The van der Waals surface area contributed by atoms with Gasteiger partial charge in [0.1, 0.15) is 6.61 Å². The van der Waals surface area contributed by atoms with Crippen molar-refractivity contribution >= 4 is 11.9 Å². The predicted octanol–water partition coefficient (Wildman–Crippen LogP) is 2.03. The summed E-state index contributed by atoms with van der Waals surface area (Å²) in [5.74, 6) is 3.05. The molecule has 1 fully saturated rings. The molecule has 0 radical (unpaired) electrons. The van der Waals surface area contributed by atoms with Crippen LogP contribution in [0.25, 0.3) is 0 Å². The molecule has 28 heavy (non-hydrogen) atoms. The second-order valence-corrected chi connectivity index (χ2v) is 7.48. The molecule has 0 aromatic heterocycles. The van der Waals surface area contributed by atoms with Gasteiger partial charge >= 0.3 is 0 Å². The molecule has 1 aromatic carbocycles. The monoisotopic (exact) mass is 388 g/mol. The summed E-state index contributed by atoms with van der Waals surface area (Å²) >= 11 is 0. The van der Waals surface area contributed by atoms with Crippen LogP contribution in [0.4, 0.5) is 0 Å². The summed E-state index contributed by atoms with van der Waals surface area (Å²) in [6.07, 6.45) is 2.68. The number of rotatable bonds is 6. The minimum absolute atomic E-state index is 0.123. The van der Waals surface area contributed by atoms with Crippen LogP contribution in [0.1, 0.15) is 33.1 Å². The molecule has 2 heterocycles. The molecule has 0 aliphatic carbocycles. The quantitative estimate of drug-likeness (QED) is 0.576. The van der Waals surface area contributed by atoms with Gasteiger partial charge in [-0.1, -0.05) is 19.1 Å². The van der Waals surface area contributed by atoms with Crippen LogP contribution in [0, 0.1) is 5.92 Å². The van der Waals surface area contributed by atoms with E-state index in [0.29, 0.717) is 38.0 Å². The summed E-state index contributed by atoms with van der Waals surface area (Å²) in [5.41, 5.74) is 0. The minimum Gasteiger partial charge on any atom is -0.486 e. The number of carbonyl (C=O) groups excluding carboxylic acids is 1. The molecule has 2 aliphatic heterocycles. The van der Waals surface area contributed by atoms with E-state index >= 15 is 0 Å². The summed E-state index contributed by atoms with van der Waals surface area (Å²) in [4.78, 5) is 19.0. The fourth-order valence-electron chi connectivity index (χ4n) is 3.55. The first kappa shape index (κ1) is 20.3. The van der Waals surface area contributed by atoms with Crippen molar-refractivity contribution in [2.75, 3.05) is 39.3 Å². The number of likely N-dealkylation sites (tertiary alicyclic amines) is 1. The topological polar surface area (TPSA) is 75.2 Å². The van der Waals surface area contributed by atoms with Gasteiger partial charge in [0.2, 0.25) is 5.91 Å². The number of amides is 1. The van der Waals surface area contributed by atoms with Crippen molar-refractivity contribution < 1.29 is 14.3 Å². The fraction of sp³-hybridized carbons (Fsp3) is 0.619. The fourth-order valence-corrected chi connectivity index (χ4v) is 3.55. The van der Waals surface area contributed by atoms with E-state index in [4.69, 9.17) is 9.47 Å². The number of fused-ring (bicyclic) bond motifs is 1. The molecule has 2 aliphatic rings. The summed E-state index contributed by atoms with van der Waals surface area (Å²) < 4.78 is 11.7. The van der Waals surface area contributed by atoms with Gasteiger partial charge in [0, 0.05) is 32.6 Å². The first-order valence-corrected chi connectivity index (χ1v) is 10.3. The first-order chi connectivity index (χ1) is 13.7. The van der Waals surface area contributed by atoms with Crippen molar-refractivity contribution in [3.63, 3.8) is 0 Å². The Labute approximate surface area is 167 Å². The molecule has 2 N–H and O–H groups in total. The summed E-state index contributed by atoms with van der Waals surface area (Å²) in [7, 11) is 0. The maximum atomic E-state index is 12.4. The Morgan fingerprint density at radius 3 is 2.89 bits per heavy atom. The van der Waals surface area contributed by atoms with Crippen LogP contribution < -0.4 is 20.1 Å². The van der Waals surface area contributed by atoms with E-state index in [1.165, 1.54) is 6.42 Å². The second-order valence-electron chi connectivity index (χ2n) is 7.48. The number of hydrogen-bond acceptors (Lipinski definition) is 4. The summed E-state index contributed by atoms with van der Waals surface area (Å²) in [6.45, 7) is 8.30. The lowest BCUT2D eigenvalue weighted by Crippen LogP contribution is -2.43. The van der Waals surface area contributed by atoms with E-state index in [1.54, 1.807) is 0 Å². The number of hydrogen-bond donors (Lipinski definition) is 2. The third-order valence-corrected chi connectivity index (χ3v) is 5.01. The zero-order valence-corrected chi connectivity index (χ0v) is 16.9. The third-order valence-electron chi connectivity index (χ3n) is 5.01. The van der Waals surface area contributed by atoms with E-state index in [0.717, 1.165) is 37.6 Å². The Kier molecular flexibility index (Phi) is 7.39. The molecule has 2 atom stereocenters. The number of para-hydroxylation sites is 2. The molecule has 2 unspecified atom stereocenters. The van der Waals surface area contributed by atoms with Crippen molar-refractivity contribution in [1.82, 2.24) is 15.5 Å². The van der Waals surface area contributed by atoms with Gasteiger partial charge in [-0.25, -0.2) is 4.99 Å². The molecule has 7 nitrogen and oxygen atoms in total. The molecule has 0 bridgehead atoms.